The molecule has 0 saturated carbocycles. The summed E-state index contributed by atoms with van der Waals surface area (Å²) >= 11 is 3.35. The highest BCUT2D eigenvalue weighted by Crippen LogP contribution is 2.31. The average molecular weight is 601 g/mol. The summed E-state index contributed by atoms with van der Waals surface area (Å²) in [4.78, 5) is 60.1. The van der Waals surface area contributed by atoms with E-state index in [1.807, 2.05) is 0 Å². The van der Waals surface area contributed by atoms with Gasteiger partial charge in [-0.15, -0.1) is 0 Å². The standard InChI is InChI=1S/C25H29BrO12/c1-6-32-24(31)19(11-17-8-7-9-18(26)10-17)37-25-23(36-16(5)30)22(35-15(4)29)21(34-14(3)28)20(38-25)12-33-13(2)27/h7-11,20-23,25H,6,12H2,1-5H3/b19-11-/t20-,21-,22+,23-,25-/m0/s1. The van der Waals surface area contributed by atoms with Crippen LogP contribution >= 0.6 is 15.9 Å². The Bertz CT molecular complexity index is 1070. The number of rotatable bonds is 10. The first kappa shape index (κ1) is 30.8. The van der Waals surface area contributed by atoms with Crippen molar-refractivity contribution in [3.05, 3.63) is 40.1 Å². The second-order valence-electron chi connectivity index (χ2n) is 7.97. The fourth-order valence-electron chi connectivity index (χ4n) is 3.50. The SMILES string of the molecule is CCOC(=O)/C(=C/c1cccc(Br)c1)O[C@H]1O[C@@H](COC(C)=O)[C@H](OC(C)=O)[C@@H](OC(C)=O)[C@@H]1OC(C)=O. The van der Waals surface area contributed by atoms with Gasteiger partial charge in [0.25, 0.3) is 0 Å². The second-order valence-corrected chi connectivity index (χ2v) is 8.89. The third-order valence-corrected chi connectivity index (χ3v) is 5.31. The van der Waals surface area contributed by atoms with E-state index in [0.29, 0.717) is 5.56 Å². The first-order chi connectivity index (χ1) is 17.9. The highest BCUT2D eigenvalue weighted by Gasteiger charge is 2.53. The molecule has 13 heteroatoms. The van der Waals surface area contributed by atoms with Crippen molar-refractivity contribution in [2.75, 3.05) is 13.2 Å². The predicted molar refractivity (Wildman–Crippen MR) is 132 cm³/mol. The van der Waals surface area contributed by atoms with Crippen molar-refractivity contribution in [1.82, 2.24) is 0 Å². The average Bonchev–Trinajstić information content (AvgIpc) is 2.80. The Morgan fingerprint density at radius 3 is 2.00 bits per heavy atom. The molecule has 12 nitrogen and oxygen atoms in total. The van der Waals surface area contributed by atoms with Gasteiger partial charge in [0.15, 0.2) is 12.2 Å². The molecule has 1 aromatic carbocycles. The third-order valence-electron chi connectivity index (χ3n) is 4.81. The molecule has 0 bridgehead atoms. The number of carbonyl (C=O) groups is 5. The summed E-state index contributed by atoms with van der Waals surface area (Å²) in [7, 11) is 0. The molecule has 1 heterocycles. The fraction of sp³-hybridized carbons (Fsp3) is 0.480. The molecule has 0 aliphatic carbocycles. The molecule has 0 radical (unpaired) electrons. The van der Waals surface area contributed by atoms with Crippen molar-refractivity contribution in [1.29, 1.82) is 0 Å². The maximum absolute atomic E-state index is 12.8. The Balaban J connectivity index is 2.58. The number of esters is 5. The zero-order chi connectivity index (χ0) is 28.4. The Morgan fingerprint density at radius 1 is 0.842 bits per heavy atom. The lowest BCUT2D eigenvalue weighted by Gasteiger charge is -2.43. The maximum atomic E-state index is 12.8. The van der Waals surface area contributed by atoms with Crippen LogP contribution in [-0.2, 0) is 57.1 Å². The van der Waals surface area contributed by atoms with E-state index in [1.165, 1.54) is 6.08 Å². The minimum Gasteiger partial charge on any atom is -0.463 e. The molecular formula is C25H29BrO12. The van der Waals surface area contributed by atoms with Crippen molar-refractivity contribution in [3.63, 3.8) is 0 Å². The van der Waals surface area contributed by atoms with Crippen LogP contribution in [0.4, 0.5) is 0 Å². The zero-order valence-corrected chi connectivity index (χ0v) is 23.1. The van der Waals surface area contributed by atoms with Crippen LogP contribution in [0.15, 0.2) is 34.5 Å². The molecule has 2 rings (SSSR count). The van der Waals surface area contributed by atoms with Gasteiger partial charge in [0.05, 0.1) is 6.61 Å². The Labute approximate surface area is 227 Å². The summed E-state index contributed by atoms with van der Waals surface area (Å²) in [6.07, 6.45) is -5.77. The van der Waals surface area contributed by atoms with Crippen molar-refractivity contribution in [2.45, 2.75) is 65.3 Å². The van der Waals surface area contributed by atoms with Crippen LogP contribution < -0.4 is 0 Å². The zero-order valence-electron chi connectivity index (χ0n) is 21.5. The van der Waals surface area contributed by atoms with Crippen molar-refractivity contribution < 1.29 is 57.1 Å². The minimum atomic E-state index is -1.58. The first-order valence-corrected chi connectivity index (χ1v) is 12.3. The molecule has 1 saturated heterocycles. The summed E-state index contributed by atoms with van der Waals surface area (Å²) in [6, 6.07) is 6.91. The Hall–Kier alpha value is -3.45. The van der Waals surface area contributed by atoms with Crippen molar-refractivity contribution >= 4 is 51.9 Å². The van der Waals surface area contributed by atoms with Gasteiger partial charge in [0, 0.05) is 32.2 Å². The molecule has 0 spiro atoms. The van der Waals surface area contributed by atoms with E-state index in [9.17, 15) is 24.0 Å². The lowest BCUT2D eigenvalue weighted by molar-refractivity contribution is -0.299. The van der Waals surface area contributed by atoms with Crippen LogP contribution in [0.1, 0.15) is 40.2 Å². The van der Waals surface area contributed by atoms with Crippen LogP contribution in [0.25, 0.3) is 6.08 Å². The molecule has 1 aliphatic rings. The van der Waals surface area contributed by atoms with Gasteiger partial charge in [0.2, 0.25) is 18.2 Å². The number of benzene rings is 1. The van der Waals surface area contributed by atoms with Crippen LogP contribution in [0, 0.1) is 0 Å². The predicted octanol–water partition coefficient (Wildman–Crippen LogP) is 2.45. The number of carbonyl (C=O) groups excluding carboxylic acids is 5. The molecule has 1 fully saturated rings. The Morgan fingerprint density at radius 2 is 1.45 bits per heavy atom. The molecule has 0 unspecified atom stereocenters. The highest BCUT2D eigenvalue weighted by atomic mass is 79.9. The van der Waals surface area contributed by atoms with Gasteiger partial charge in [-0.3, -0.25) is 19.2 Å². The molecule has 0 amide bonds. The van der Waals surface area contributed by atoms with Gasteiger partial charge in [0.1, 0.15) is 12.7 Å². The molecule has 38 heavy (non-hydrogen) atoms. The van der Waals surface area contributed by atoms with Crippen LogP contribution in [-0.4, -0.2) is 73.8 Å². The normalized spacial score (nSPS) is 23.0. The summed E-state index contributed by atoms with van der Waals surface area (Å²) < 4.78 is 38.7. The molecule has 1 aliphatic heterocycles. The molecule has 1 aromatic rings. The number of ether oxygens (including phenoxy) is 7. The van der Waals surface area contributed by atoms with Crippen LogP contribution in [0.5, 0.6) is 0 Å². The summed E-state index contributed by atoms with van der Waals surface area (Å²) in [6.45, 7) is 5.64. The lowest BCUT2D eigenvalue weighted by atomic mass is 9.98. The maximum Gasteiger partial charge on any atom is 0.373 e. The van der Waals surface area contributed by atoms with E-state index in [2.05, 4.69) is 15.9 Å². The molecule has 208 valence electrons. The van der Waals surface area contributed by atoms with Gasteiger partial charge in [-0.25, -0.2) is 4.79 Å². The second kappa shape index (κ2) is 14.5. The van der Waals surface area contributed by atoms with Crippen LogP contribution in [0.2, 0.25) is 0 Å². The fourth-order valence-corrected chi connectivity index (χ4v) is 3.92. The molecule has 0 N–H and O–H groups in total. The smallest absolute Gasteiger partial charge is 0.373 e. The number of hydrogen-bond donors (Lipinski definition) is 0. The lowest BCUT2D eigenvalue weighted by Crippen LogP contribution is -2.63. The first-order valence-electron chi connectivity index (χ1n) is 11.5. The molecule has 5 atom stereocenters. The van der Waals surface area contributed by atoms with Crippen molar-refractivity contribution in [3.8, 4) is 0 Å². The Kier molecular flexibility index (Phi) is 11.7. The summed E-state index contributed by atoms with van der Waals surface area (Å²) in [5, 5.41) is 0. The van der Waals surface area contributed by atoms with Crippen LogP contribution in [0.3, 0.4) is 0 Å². The van der Waals surface area contributed by atoms with Crippen molar-refractivity contribution in [2.24, 2.45) is 0 Å². The molecule has 0 aromatic heterocycles. The number of halogens is 1. The highest BCUT2D eigenvalue weighted by molar-refractivity contribution is 9.10. The summed E-state index contributed by atoms with van der Waals surface area (Å²) in [5.74, 6) is -4.23. The van der Waals surface area contributed by atoms with Gasteiger partial charge in [-0.1, -0.05) is 28.1 Å². The quantitative estimate of drug-likeness (QED) is 0.168. The van der Waals surface area contributed by atoms with E-state index in [0.717, 1.165) is 32.2 Å². The third kappa shape index (κ3) is 9.45. The van der Waals surface area contributed by atoms with Gasteiger partial charge >= 0.3 is 29.8 Å². The van der Waals surface area contributed by atoms with E-state index in [1.54, 1.807) is 31.2 Å². The summed E-state index contributed by atoms with van der Waals surface area (Å²) in [5.41, 5.74) is 0.549. The number of hydrogen-bond acceptors (Lipinski definition) is 12. The van der Waals surface area contributed by atoms with Gasteiger partial charge in [-0.2, -0.15) is 0 Å². The van der Waals surface area contributed by atoms with Gasteiger partial charge in [-0.05, 0) is 30.7 Å². The largest absolute Gasteiger partial charge is 0.463 e. The monoisotopic (exact) mass is 600 g/mol. The van der Waals surface area contributed by atoms with Gasteiger partial charge < -0.3 is 33.2 Å². The van der Waals surface area contributed by atoms with E-state index < -0.39 is 67.2 Å². The van der Waals surface area contributed by atoms with E-state index >= 15 is 0 Å². The molecular weight excluding hydrogens is 572 g/mol. The topological polar surface area (TPSA) is 150 Å². The van der Waals surface area contributed by atoms with E-state index in [4.69, 9.17) is 33.2 Å². The minimum absolute atomic E-state index is 0.0244. The van der Waals surface area contributed by atoms with E-state index in [-0.39, 0.29) is 12.4 Å².